The molecule has 1 N–H and O–H groups in total. The van der Waals surface area contributed by atoms with Gasteiger partial charge in [-0.1, -0.05) is 12.5 Å². The normalized spacial score (nSPS) is 16.9. The molecule has 8 heteroatoms. The van der Waals surface area contributed by atoms with E-state index < -0.39 is 0 Å². The van der Waals surface area contributed by atoms with Gasteiger partial charge in [-0.25, -0.2) is 0 Å². The molecular formula is C24H27N5O2S. The third kappa shape index (κ3) is 4.32. The zero-order valence-corrected chi connectivity index (χ0v) is 18.8. The molecule has 2 amide bonds. The molecule has 0 saturated carbocycles. The van der Waals surface area contributed by atoms with E-state index in [1.807, 2.05) is 46.7 Å². The van der Waals surface area contributed by atoms with E-state index in [-0.39, 0.29) is 17.7 Å². The minimum atomic E-state index is -0.0747. The van der Waals surface area contributed by atoms with Crippen LogP contribution in [0, 0.1) is 5.92 Å². The Labute approximate surface area is 191 Å². The van der Waals surface area contributed by atoms with Crippen LogP contribution in [0.3, 0.4) is 0 Å². The molecule has 2 aliphatic rings. The minimum Gasteiger partial charge on any atom is -0.338 e. The predicted molar refractivity (Wildman–Crippen MR) is 125 cm³/mol. The maximum absolute atomic E-state index is 12.8. The molecular weight excluding hydrogens is 422 g/mol. The summed E-state index contributed by atoms with van der Waals surface area (Å²) in [4.78, 5) is 27.9. The molecule has 4 heterocycles. The van der Waals surface area contributed by atoms with Crippen molar-refractivity contribution in [1.29, 1.82) is 0 Å². The van der Waals surface area contributed by atoms with Gasteiger partial charge in [-0.15, -0.1) is 21.5 Å². The van der Waals surface area contributed by atoms with E-state index in [0.29, 0.717) is 25.9 Å². The van der Waals surface area contributed by atoms with Gasteiger partial charge in [0, 0.05) is 43.2 Å². The lowest BCUT2D eigenvalue weighted by Crippen LogP contribution is -2.41. The van der Waals surface area contributed by atoms with Crippen molar-refractivity contribution >= 4 is 28.8 Å². The van der Waals surface area contributed by atoms with Gasteiger partial charge in [-0.3, -0.25) is 9.59 Å². The van der Waals surface area contributed by atoms with Crippen LogP contribution in [0.2, 0.25) is 0 Å². The molecule has 1 aromatic carbocycles. The maximum Gasteiger partial charge on any atom is 0.263 e. The van der Waals surface area contributed by atoms with Gasteiger partial charge in [0.1, 0.15) is 5.82 Å². The average Bonchev–Trinajstić information content (AvgIpc) is 3.45. The van der Waals surface area contributed by atoms with Crippen molar-refractivity contribution in [2.75, 3.05) is 18.4 Å². The summed E-state index contributed by atoms with van der Waals surface area (Å²) < 4.78 is 2.23. The van der Waals surface area contributed by atoms with Crippen molar-refractivity contribution in [3.05, 3.63) is 52.5 Å². The van der Waals surface area contributed by atoms with Crippen LogP contribution in [0.15, 0.2) is 41.8 Å². The Kier molecular flexibility index (Phi) is 6.03. The van der Waals surface area contributed by atoms with Crippen molar-refractivity contribution in [2.24, 2.45) is 5.92 Å². The minimum absolute atomic E-state index is 0.0253. The lowest BCUT2D eigenvalue weighted by Gasteiger charge is -2.31. The summed E-state index contributed by atoms with van der Waals surface area (Å²) in [7, 11) is 0. The largest absolute Gasteiger partial charge is 0.338 e. The molecule has 166 valence electrons. The third-order valence-electron chi connectivity index (χ3n) is 6.41. The van der Waals surface area contributed by atoms with Crippen LogP contribution in [0.5, 0.6) is 0 Å². The van der Waals surface area contributed by atoms with Gasteiger partial charge in [-0.05, 0) is 61.4 Å². The van der Waals surface area contributed by atoms with Crippen LogP contribution in [-0.4, -0.2) is 44.6 Å². The number of aryl methyl sites for hydroxylation is 1. The van der Waals surface area contributed by atoms with Crippen LogP contribution in [-0.2, 0) is 17.8 Å². The maximum atomic E-state index is 12.8. The molecule has 2 aromatic heterocycles. The first kappa shape index (κ1) is 20.9. The van der Waals surface area contributed by atoms with Gasteiger partial charge >= 0.3 is 0 Å². The summed E-state index contributed by atoms with van der Waals surface area (Å²) in [5.74, 6) is 1.99. The van der Waals surface area contributed by atoms with Crippen molar-refractivity contribution in [3.8, 4) is 11.4 Å². The number of fused-ring (bicyclic) bond motifs is 1. The number of carbonyl (C=O) groups excluding carboxylic acids is 2. The fraction of sp³-hybridized carbons (Fsp3) is 0.417. The van der Waals surface area contributed by atoms with E-state index in [0.717, 1.165) is 47.2 Å². The number of nitrogens with one attached hydrogen (secondary N) is 1. The standard InChI is InChI=1S/C24H27N5O2S/c30-23(18-11-14-28(15-12-18)24(31)20-5-4-16-32-20)25-19-9-7-17(8-10-19)22-27-26-21-6-2-1-3-13-29(21)22/h4-5,7-10,16,18H,1-3,6,11-15H2,(H,25,30). The number of carbonyl (C=O) groups is 2. The highest BCUT2D eigenvalue weighted by atomic mass is 32.1. The first-order valence-corrected chi connectivity index (χ1v) is 12.2. The second-order valence-corrected chi connectivity index (χ2v) is 9.46. The van der Waals surface area contributed by atoms with Gasteiger partial charge in [0.15, 0.2) is 5.82 Å². The van der Waals surface area contributed by atoms with Crippen molar-refractivity contribution in [2.45, 2.75) is 45.1 Å². The van der Waals surface area contributed by atoms with E-state index in [1.54, 1.807) is 0 Å². The summed E-state index contributed by atoms with van der Waals surface area (Å²) in [6.07, 6.45) is 5.92. The van der Waals surface area contributed by atoms with Crippen LogP contribution < -0.4 is 5.32 Å². The van der Waals surface area contributed by atoms with E-state index in [1.165, 1.54) is 24.2 Å². The van der Waals surface area contributed by atoms with Gasteiger partial charge < -0.3 is 14.8 Å². The Bertz CT molecular complexity index is 1080. The molecule has 1 fully saturated rings. The van der Waals surface area contributed by atoms with E-state index in [4.69, 9.17) is 0 Å². The molecule has 32 heavy (non-hydrogen) atoms. The van der Waals surface area contributed by atoms with Gasteiger partial charge in [0.25, 0.3) is 5.91 Å². The van der Waals surface area contributed by atoms with Crippen LogP contribution >= 0.6 is 11.3 Å². The van der Waals surface area contributed by atoms with E-state index in [2.05, 4.69) is 20.1 Å². The second-order valence-electron chi connectivity index (χ2n) is 8.51. The number of benzene rings is 1. The topological polar surface area (TPSA) is 80.1 Å². The lowest BCUT2D eigenvalue weighted by atomic mass is 9.95. The molecule has 5 rings (SSSR count). The Balaban J connectivity index is 1.18. The van der Waals surface area contributed by atoms with Crippen LogP contribution in [0.1, 0.15) is 47.6 Å². The number of piperidine rings is 1. The van der Waals surface area contributed by atoms with Crippen molar-refractivity contribution in [3.63, 3.8) is 0 Å². The SMILES string of the molecule is O=C(Nc1ccc(-c2nnc3n2CCCCC3)cc1)C1CCN(C(=O)c2cccs2)CC1. The molecule has 0 spiro atoms. The fourth-order valence-corrected chi connectivity index (χ4v) is 5.24. The molecule has 0 atom stereocenters. The highest BCUT2D eigenvalue weighted by Gasteiger charge is 2.28. The molecule has 0 radical (unpaired) electrons. The van der Waals surface area contributed by atoms with Gasteiger partial charge in [0.05, 0.1) is 4.88 Å². The molecule has 0 unspecified atom stereocenters. The number of amides is 2. The van der Waals surface area contributed by atoms with E-state index in [9.17, 15) is 9.59 Å². The number of anilines is 1. The number of hydrogen-bond donors (Lipinski definition) is 1. The zero-order valence-electron chi connectivity index (χ0n) is 18.0. The van der Waals surface area contributed by atoms with Gasteiger partial charge in [-0.2, -0.15) is 0 Å². The number of hydrogen-bond acceptors (Lipinski definition) is 5. The quantitative estimate of drug-likeness (QED) is 0.647. The number of thiophene rings is 1. The summed E-state index contributed by atoms with van der Waals surface area (Å²) in [5.41, 5.74) is 1.80. The van der Waals surface area contributed by atoms with Crippen molar-refractivity contribution < 1.29 is 9.59 Å². The summed E-state index contributed by atoms with van der Waals surface area (Å²) in [6.45, 7) is 2.20. The second kappa shape index (κ2) is 9.24. The number of aromatic nitrogens is 3. The Morgan fingerprint density at radius 2 is 1.78 bits per heavy atom. The number of rotatable bonds is 4. The third-order valence-corrected chi connectivity index (χ3v) is 7.26. The molecule has 0 aliphatic carbocycles. The monoisotopic (exact) mass is 449 g/mol. The average molecular weight is 450 g/mol. The summed E-state index contributed by atoms with van der Waals surface area (Å²) >= 11 is 1.46. The Morgan fingerprint density at radius 1 is 0.969 bits per heavy atom. The van der Waals surface area contributed by atoms with Crippen molar-refractivity contribution in [1.82, 2.24) is 19.7 Å². The number of nitrogens with zero attached hydrogens (tertiary/aromatic N) is 4. The fourth-order valence-electron chi connectivity index (χ4n) is 4.55. The van der Waals surface area contributed by atoms with E-state index >= 15 is 0 Å². The first-order valence-electron chi connectivity index (χ1n) is 11.4. The first-order chi connectivity index (χ1) is 15.7. The Morgan fingerprint density at radius 3 is 2.53 bits per heavy atom. The lowest BCUT2D eigenvalue weighted by molar-refractivity contribution is -0.121. The highest BCUT2D eigenvalue weighted by molar-refractivity contribution is 7.12. The predicted octanol–water partition coefficient (Wildman–Crippen LogP) is 4.22. The van der Waals surface area contributed by atoms with Crippen LogP contribution in [0.25, 0.3) is 11.4 Å². The molecule has 0 bridgehead atoms. The highest BCUT2D eigenvalue weighted by Crippen LogP contribution is 2.25. The van der Waals surface area contributed by atoms with Gasteiger partial charge in [0.2, 0.25) is 5.91 Å². The molecule has 3 aromatic rings. The molecule has 7 nitrogen and oxygen atoms in total. The Hall–Kier alpha value is -3.00. The molecule has 1 saturated heterocycles. The summed E-state index contributed by atoms with van der Waals surface area (Å²) in [5, 5.41) is 13.7. The molecule has 2 aliphatic heterocycles. The van der Waals surface area contributed by atoms with Crippen LogP contribution in [0.4, 0.5) is 5.69 Å². The zero-order chi connectivity index (χ0) is 21.9. The smallest absolute Gasteiger partial charge is 0.263 e. The number of likely N-dealkylation sites (tertiary alicyclic amines) is 1. The summed E-state index contributed by atoms with van der Waals surface area (Å²) in [6, 6.07) is 11.6.